The average Bonchev–Trinajstić information content (AvgIpc) is 2.91. The Bertz CT molecular complexity index is 608. The predicted molar refractivity (Wildman–Crippen MR) is 93.7 cm³/mol. The van der Waals surface area contributed by atoms with Crippen LogP contribution in [0.5, 0.6) is 5.75 Å². The third kappa shape index (κ3) is 4.97. The van der Waals surface area contributed by atoms with Crippen LogP contribution in [0, 0.1) is 5.92 Å². The highest BCUT2D eigenvalue weighted by Gasteiger charge is 2.23. The van der Waals surface area contributed by atoms with Crippen LogP contribution in [0.4, 0.5) is 0 Å². The van der Waals surface area contributed by atoms with Crippen molar-refractivity contribution in [3.8, 4) is 5.75 Å². The Hall–Kier alpha value is -0.0500. The lowest BCUT2D eigenvalue weighted by atomic mass is 10.1. The SMILES string of the molecule is COc1c(Br)cc(Cl)cc1S(=O)(=O)NCCC1CCNC1.Cl. The average molecular weight is 434 g/mol. The maximum absolute atomic E-state index is 12.4. The van der Waals surface area contributed by atoms with Crippen molar-refractivity contribution in [2.24, 2.45) is 5.92 Å². The molecule has 0 aliphatic carbocycles. The normalized spacial score (nSPS) is 18.0. The number of nitrogens with one attached hydrogen (secondary N) is 2. The molecule has 0 radical (unpaired) electrons. The van der Waals surface area contributed by atoms with E-state index in [0.29, 0.717) is 22.0 Å². The molecule has 0 bridgehead atoms. The van der Waals surface area contributed by atoms with Gasteiger partial charge in [-0.2, -0.15) is 0 Å². The zero-order valence-corrected chi connectivity index (χ0v) is 16.0. The summed E-state index contributed by atoms with van der Waals surface area (Å²) in [4.78, 5) is 0.0499. The molecule has 2 rings (SSSR count). The third-order valence-electron chi connectivity index (χ3n) is 3.47. The van der Waals surface area contributed by atoms with Gasteiger partial charge in [-0.05, 0) is 59.9 Å². The van der Waals surface area contributed by atoms with Crippen LogP contribution in [0.2, 0.25) is 5.02 Å². The maximum Gasteiger partial charge on any atom is 0.244 e. The summed E-state index contributed by atoms with van der Waals surface area (Å²) >= 11 is 9.20. The minimum atomic E-state index is -3.65. The van der Waals surface area contributed by atoms with Crippen LogP contribution in [-0.4, -0.2) is 35.2 Å². The fourth-order valence-electron chi connectivity index (χ4n) is 2.37. The van der Waals surface area contributed by atoms with Gasteiger partial charge in [0.25, 0.3) is 0 Å². The van der Waals surface area contributed by atoms with E-state index in [0.717, 1.165) is 25.9 Å². The van der Waals surface area contributed by atoms with Crippen molar-refractivity contribution < 1.29 is 13.2 Å². The van der Waals surface area contributed by atoms with Gasteiger partial charge in [0.1, 0.15) is 4.90 Å². The number of rotatable bonds is 6. The van der Waals surface area contributed by atoms with Crippen LogP contribution in [0.15, 0.2) is 21.5 Å². The number of hydrogen-bond donors (Lipinski definition) is 2. The summed E-state index contributed by atoms with van der Waals surface area (Å²) < 4.78 is 33.1. The Morgan fingerprint density at radius 1 is 1.50 bits per heavy atom. The van der Waals surface area contributed by atoms with Crippen molar-refractivity contribution in [2.75, 3.05) is 26.7 Å². The third-order valence-corrected chi connectivity index (χ3v) is 5.75. The van der Waals surface area contributed by atoms with Gasteiger partial charge >= 0.3 is 0 Å². The van der Waals surface area contributed by atoms with Crippen molar-refractivity contribution >= 4 is 50.0 Å². The van der Waals surface area contributed by atoms with Crippen LogP contribution in [0.1, 0.15) is 12.8 Å². The fourth-order valence-corrected chi connectivity index (χ4v) is 4.80. The van der Waals surface area contributed by atoms with E-state index in [2.05, 4.69) is 26.0 Å². The number of methoxy groups -OCH3 is 1. The van der Waals surface area contributed by atoms with E-state index in [1.165, 1.54) is 13.2 Å². The van der Waals surface area contributed by atoms with Crippen LogP contribution < -0.4 is 14.8 Å². The van der Waals surface area contributed by atoms with E-state index in [-0.39, 0.29) is 23.1 Å². The molecule has 1 heterocycles. The molecule has 1 unspecified atom stereocenters. The highest BCUT2D eigenvalue weighted by Crippen LogP contribution is 2.35. The zero-order chi connectivity index (χ0) is 15.5. The Balaban J connectivity index is 0.00000242. The van der Waals surface area contributed by atoms with E-state index in [1.807, 2.05) is 0 Å². The Kier molecular flexibility index (Phi) is 7.91. The van der Waals surface area contributed by atoms with Gasteiger partial charge in [-0.25, -0.2) is 13.1 Å². The van der Waals surface area contributed by atoms with Gasteiger partial charge in [-0.15, -0.1) is 12.4 Å². The largest absolute Gasteiger partial charge is 0.494 e. The molecule has 2 N–H and O–H groups in total. The van der Waals surface area contributed by atoms with Crippen LogP contribution >= 0.6 is 39.9 Å². The molecule has 126 valence electrons. The minimum absolute atomic E-state index is 0. The second-order valence-electron chi connectivity index (χ2n) is 4.96. The lowest BCUT2D eigenvalue weighted by Crippen LogP contribution is -2.27. The first-order chi connectivity index (χ1) is 9.94. The van der Waals surface area contributed by atoms with Gasteiger partial charge < -0.3 is 10.1 Å². The van der Waals surface area contributed by atoms with Gasteiger partial charge in [0.15, 0.2) is 5.75 Å². The second kappa shape index (κ2) is 8.70. The smallest absolute Gasteiger partial charge is 0.244 e. The summed E-state index contributed by atoms with van der Waals surface area (Å²) in [5, 5.41) is 3.60. The van der Waals surface area contributed by atoms with Gasteiger partial charge in [0, 0.05) is 11.6 Å². The first-order valence-electron chi connectivity index (χ1n) is 6.67. The van der Waals surface area contributed by atoms with Gasteiger partial charge in [-0.3, -0.25) is 0 Å². The van der Waals surface area contributed by atoms with Crippen LogP contribution in [0.3, 0.4) is 0 Å². The van der Waals surface area contributed by atoms with E-state index < -0.39 is 10.0 Å². The molecule has 0 spiro atoms. The molecule has 0 saturated carbocycles. The van der Waals surface area contributed by atoms with Gasteiger partial charge in [0.05, 0.1) is 11.6 Å². The summed E-state index contributed by atoms with van der Waals surface area (Å²) in [5.74, 6) is 0.787. The summed E-state index contributed by atoms with van der Waals surface area (Å²) in [7, 11) is -2.22. The molecule has 1 aromatic carbocycles. The highest BCUT2D eigenvalue weighted by atomic mass is 79.9. The maximum atomic E-state index is 12.4. The van der Waals surface area contributed by atoms with Crippen LogP contribution in [-0.2, 0) is 10.0 Å². The Morgan fingerprint density at radius 3 is 2.82 bits per heavy atom. The summed E-state index contributed by atoms with van der Waals surface area (Å²) in [5.41, 5.74) is 0. The Morgan fingerprint density at radius 2 is 2.23 bits per heavy atom. The highest BCUT2D eigenvalue weighted by molar-refractivity contribution is 9.10. The number of hydrogen-bond acceptors (Lipinski definition) is 4. The van der Waals surface area contributed by atoms with Crippen molar-refractivity contribution in [3.63, 3.8) is 0 Å². The first kappa shape index (κ1) is 20.0. The number of benzene rings is 1. The second-order valence-corrected chi connectivity index (χ2v) is 7.99. The summed E-state index contributed by atoms with van der Waals surface area (Å²) in [6.45, 7) is 2.36. The topological polar surface area (TPSA) is 67.4 Å². The molecule has 0 amide bonds. The molecule has 1 saturated heterocycles. The lowest BCUT2D eigenvalue weighted by molar-refractivity contribution is 0.399. The van der Waals surface area contributed by atoms with Crippen molar-refractivity contribution in [1.82, 2.24) is 10.0 Å². The van der Waals surface area contributed by atoms with Gasteiger partial charge in [-0.1, -0.05) is 11.6 Å². The number of halogens is 3. The predicted octanol–water partition coefficient (Wildman–Crippen LogP) is 2.81. The van der Waals surface area contributed by atoms with Crippen molar-refractivity contribution in [1.29, 1.82) is 0 Å². The minimum Gasteiger partial charge on any atom is -0.494 e. The molecule has 5 nitrogen and oxygen atoms in total. The molecule has 1 atom stereocenters. The molecule has 9 heteroatoms. The molecular weight excluding hydrogens is 415 g/mol. The van der Waals surface area contributed by atoms with E-state index in [1.54, 1.807) is 6.07 Å². The van der Waals surface area contributed by atoms with Crippen molar-refractivity contribution in [3.05, 3.63) is 21.6 Å². The van der Waals surface area contributed by atoms with Crippen LogP contribution in [0.25, 0.3) is 0 Å². The quantitative estimate of drug-likeness (QED) is 0.723. The molecule has 1 aromatic rings. The fraction of sp³-hybridized carbons (Fsp3) is 0.538. The van der Waals surface area contributed by atoms with E-state index >= 15 is 0 Å². The van der Waals surface area contributed by atoms with E-state index in [9.17, 15) is 8.42 Å². The lowest BCUT2D eigenvalue weighted by Gasteiger charge is -2.14. The molecule has 1 aliphatic rings. The van der Waals surface area contributed by atoms with Crippen molar-refractivity contribution in [2.45, 2.75) is 17.7 Å². The number of ether oxygens (including phenoxy) is 1. The molecule has 1 fully saturated rings. The zero-order valence-electron chi connectivity index (χ0n) is 12.1. The summed E-state index contributed by atoms with van der Waals surface area (Å²) in [6, 6.07) is 2.99. The molecular formula is C13H19BrCl2N2O3S. The van der Waals surface area contributed by atoms with E-state index in [4.69, 9.17) is 16.3 Å². The van der Waals surface area contributed by atoms with Gasteiger partial charge in [0.2, 0.25) is 10.0 Å². The molecule has 0 aromatic heterocycles. The molecule has 22 heavy (non-hydrogen) atoms. The summed E-state index contributed by atoms with van der Waals surface area (Å²) in [6.07, 6.45) is 1.91. The first-order valence-corrected chi connectivity index (χ1v) is 9.33. The number of sulfonamides is 1. The Labute approximate surface area is 150 Å². The molecule has 1 aliphatic heterocycles. The monoisotopic (exact) mass is 432 g/mol. The standard InChI is InChI=1S/C13H18BrClN2O3S.ClH/c1-20-13-11(14)6-10(15)7-12(13)21(18,19)17-5-3-9-2-4-16-8-9;/h6-7,9,16-17H,2-5,8H2,1H3;1H.